The molecule has 0 aromatic heterocycles. The third kappa shape index (κ3) is 2.99. The van der Waals surface area contributed by atoms with Crippen LogP contribution in [0.5, 0.6) is 0 Å². The van der Waals surface area contributed by atoms with Crippen molar-refractivity contribution in [1.29, 1.82) is 0 Å². The van der Waals surface area contributed by atoms with Gasteiger partial charge in [0.25, 0.3) is 0 Å². The van der Waals surface area contributed by atoms with Gasteiger partial charge < -0.3 is 15.0 Å². The second-order valence-electron chi connectivity index (χ2n) is 5.46. The zero-order chi connectivity index (χ0) is 12.3. The molecule has 17 heavy (non-hydrogen) atoms. The van der Waals surface area contributed by atoms with E-state index in [1.165, 1.54) is 25.7 Å². The molecule has 1 aliphatic carbocycles. The number of nitrogens with zero attached hydrogens (tertiary/aromatic N) is 1. The van der Waals surface area contributed by atoms with E-state index in [9.17, 15) is 4.79 Å². The highest BCUT2D eigenvalue weighted by Crippen LogP contribution is 2.24. The second kappa shape index (κ2) is 5.36. The van der Waals surface area contributed by atoms with Crippen LogP contribution in [0.4, 0.5) is 0 Å². The molecule has 1 N–H and O–H groups in total. The molecule has 0 aromatic carbocycles. The van der Waals surface area contributed by atoms with E-state index >= 15 is 0 Å². The number of carbonyl (C=O) groups excluding carboxylic acids is 1. The number of nitrogens with one attached hydrogen (secondary N) is 1. The van der Waals surface area contributed by atoms with E-state index in [0.29, 0.717) is 6.04 Å². The third-order valence-electron chi connectivity index (χ3n) is 3.97. The molecule has 1 saturated heterocycles. The number of carbonyl (C=O) groups is 1. The summed E-state index contributed by atoms with van der Waals surface area (Å²) < 4.78 is 5.72. The highest BCUT2D eigenvalue weighted by Gasteiger charge is 2.34. The average molecular weight is 240 g/mol. The molecule has 0 bridgehead atoms. The van der Waals surface area contributed by atoms with Gasteiger partial charge in [-0.15, -0.1) is 0 Å². The van der Waals surface area contributed by atoms with E-state index in [-0.39, 0.29) is 18.1 Å². The molecule has 98 valence electrons. The summed E-state index contributed by atoms with van der Waals surface area (Å²) in [6.07, 6.45) is 4.85. The van der Waals surface area contributed by atoms with Crippen LogP contribution in [0.15, 0.2) is 0 Å². The van der Waals surface area contributed by atoms with Crippen LogP contribution in [0.25, 0.3) is 0 Å². The monoisotopic (exact) mass is 240 g/mol. The lowest BCUT2D eigenvalue weighted by Gasteiger charge is -2.39. The third-order valence-corrected chi connectivity index (χ3v) is 3.97. The van der Waals surface area contributed by atoms with Gasteiger partial charge in [0.1, 0.15) is 6.61 Å². The summed E-state index contributed by atoms with van der Waals surface area (Å²) in [5.41, 5.74) is -0.120. The molecule has 2 fully saturated rings. The Morgan fingerprint density at radius 3 is 2.53 bits per heavy atom. The van der Waals surface area contributed by atoms with Gasteiger partial charge in [0.15, 0.2) is 0 Å². The summed E-state index contributed by atoms with van der Waals surface area (Å²) in [4.78, 5) is 14.1. The smallest absolute Gasteiger partial charge is 0.248 e. The summed E-state index contributed by atoms with van der Waals surface area (Å²) >= 11 is 0. The van der Waals surface area contributed by atoms with Crippen LogP contribution in [0, 0.1) is 0 Å². The minimum Gasteiger partial charge on any atom is -0.363 e. The Morgan fingerprint density at radius 2 is 2.06 bits per heavy atom. The summed E-state index contributed by atoms with van der Waals surface area (Å²) in [7, 11) is 0. The topological polar surface area (TPSA) is 41.6 Å². The van der Waals surface area contributed by atoms with Crippen molar-refractivity contribution in [1.82, 2.24) is 10.2 Å². The van der Waals surface area contributed by atoms with Crippen LogP contribution in [0.2, 0.25) is 0 Å². The predicted octanol–water partition coefficient (Wildman–Crippen LogP) is 1.16. The van der Waals surface area contributed by atoms with Crippen LogP contribution in [0.1, 0.15) is 39.5 Å². The van der Waals surface area contributed by atoms with E-state index in [0.717, 1.165) is 19.6 Å². The first-order valence-electron chi connectivity index (χ1n) is 6.79. The number of likely N-dealkylation sites (N-methyl/N-ethyl adjacent to an activating group) is 1. The molecule has 2 aliphatic rings. The fourth-order valence-corrected chi connectivity index (χ4v) is 2.75. The molecule has 0 radical (unpaired) electrons. The van der Waals surface area contributed by atoms with E-state index in [1.807, 2.05) is 4.90 Å². The highest BCUT2D eigenvalue weighted by molar-refractivity contribution is 5.77. The maximum atomic E-state index is 12.1. The van der Waals surface area contributed by atoms with Crippen molar-refractivity contribution in [3.8, 4) is 0 Å². The largest absolute Gasteiger partial charge is 0.363 e. The summed E-state index contributed by atoms with van der Waals surface area (Å²) in [5.74, 6) is 0.160. The van der Waals surface area contributed by atoms with E-state index in [1.54, 1.807) is 0 Å². The number of amides is 1. The van der Waals surface area contributed by atoms with Crippen LogP contribution < -0.4 is 5.32 Å². The van der Waals surface area contributed by atoms with E-state index in [2.05, 4.69) is 19.2 Å². The van der Waals surface area contributed by atoms with Crippen molar-refractivity contribution in [3.63, 3.8) is 0 Å². The number of hydrogen-bond donors (Lipinski definition) is 1. The van der Waals surface area contributed by atoms with Crippen molar-refractivity contribution >= 4 is 5.91 Å². The maximum absolute atomic E-state index is 12.1. The van der Waals surface area contributed by atoms with Crippen LogP contribution in [-0.4, -0.2) is 48.7 Å². The molecule has 0 spiro atoms. The van der Waals surface area contributed by atoms with Gasteiger partial charge in [0, 0.05) is 25.7 Å². The normalized spacial score (nSPS) is 23.4. The molecular formula is C13H24N2O2. The molecule has 0 aromatic rings. The zero-order valence-corrected chi connectivity index (χ0v) is 11.0. The van der Waals surface area contributed by atoms with Gasteiger partial charge in [0.2, 0.25) is 5.91 Å². The minimum absolute atomic E-state index is 0.120. The Labute approximate surface area is 104 Å². The lowest BCUT2D eigenvalue weighted by molar-refractivity contribution is -0.147. The number of hydrogen-bond acceptors (Lipinski definition) is 3. The average Bonchev–Trinajstić information content (AvgIpc) is 2.78. The van der Waals surface area contributed by atoms with Gasteiger partial charge in [-0.05, 0) is 26.7 Å². The Kier molecular flexibility index (Phi) is 4.05. The molecule has 1 saturated carbocycles. The Bertz CT molecular complexity index is 271. The van der Waals surface area contributed by atoms with Crippen molar-refractivity contribution in [3.05, 3.63) is 0 Å². The Balaban J connectivity index is 1.80. The van der Waals surface area contributed by atoms with Gasteiger partial charge in [-0.2, -0.15) is 0 Å². The first-order valence-corrected chi connectivity index (χ1v) is 6.79. The number of rotatable bonds is 5. The summed E-state index contributed by atoms with van der Waals surface area (Å²) in [6.45, 7) is 6.88. The van der Waals surface area contributed by atoms with E-state index < -0.39 is 0 Å². The van der Waals surface area contributed by atoms with Crippen molar-refractivity contribution in [2.24, 2.45) is 0 Å². The summed E-state index contributed by atoms with van der Waals surface area (Å²) in [5, 5.41) is 3.17. The predicted molar refractivity (Wildman–Crippen MR) is 66.9 cm³/mol. The van der Waals surface area contributed by atoms with Crippen LogP contribution >= 0.6 is 0 Å². The molecule has 1 aliphatic heterocycles. The van der Waals surface area contributed by atoms with Crippen molar-refractivity contribution < 1.29 is 9.53 Å². The molecule has 4 nitrogen and oxygen atoms in total. The van der Waals surface area contributed by atoms with Crippen molar-refractivity contribution in [2.75, 3.05) is 26.2 Å². The van der Waals surface area contributed by atoms with Crippen molar-refractivity contribution in [2.45, 2.75) is 51.2 Å². The molecule has 1 heterocycles. The number of ether oxygens (including phenoxy) is 1. The SMILES string of the molecule is CCN(C(=O)COC1(C)CNC1)C1CCCC1. The minimum atomic E-state index is -0.120. The second-order valence-corrected chi connectivity index (χ2v) is 5.46. The van der Waals surface area contributed by atoms with Crippen LogP contribution in [0.3, 0.4) is 0 Å². The fraction of sp³-hybridized carbons (Fsp3) is 0.923. The Morgan fingerprint density at radius 1 is 1.41 bits per heavy atom. The fourth-order valence-electron chi connectivity index (χ4n) is 2.75. The molecule has 4 heteroatoms. The molecule has 0 atom stereocenters. The van der Waals surface area contributed by atoms with Gasteiger partial charge in [-0.1, -0.05) is 12.8 Å². The van der Waals surface area contributed by atoms with Gasteiger partial charge in [-0.3, -0.25) is 4.79 Å². The molecular weight excluding hydrogens is 216 g/mol. The van der Waals surface area contributed by atoms with Gasteiger partial charge in [0.05, 0.1) is 5.60 Å². The maximum Gasteiger partial charge on any atom is 0.248 e. The first kappa shape index (κ1) is 12.8. The highest BCUT2D eigenvalue weighted by atomic mass is 16.5. The lowest BCUT2D eigenvalue weighted by Crippen LogP contribution is -2.60. The molecule has 2 rings (SSSR count). The van der Waals surface area contributed by atoms with Gasteiger partial charge in [-0.25, -0.2) is 0 Å². The standard InChI is InChI=1S/C13H24N2O2/c1-3-15(11-6-4-5-7-11)12(16)8-17-13(2)9-14-10-13/h11,14H,3-10H2,1-2H3. The zero-order valence-electron chi connectivity index (χ0n) is 11.0. The summed E-state index contributed by atoms with van der Waals surface area (Å²) in [6, 6.07) is 0.462. The first-order chi connectivity index (χ1) is 8.14. The quantitative estimate of drug-likeness (QED) is 0.784. The van der Waals surface area contributed by atoms with Crippen LogP contribution in [-0.2, 0) is 9.53 Å². The lowest BCUT2D eigenvalue weighted by atomic mass is 10.0. The molecule has 0 unspecified atom stereocenters. The van der Waals surface area contributed by atoms with Gasteiger partial charge >= 0.3 is 0 Å². The Hall–Kier alpha value is -0.610. The van der Waals surface area contributed by atoms with E-state index in [4.69, 9.17) is 4.74 Å². The molecule has 1 amide bonds.